The average Bonchev–Trinajstić information content (AvgIpc) is 2.46. The first-order valence-electron chi connectivity index (χ1n) is 6.42. The fraction of sp³-hybridized carbons (Fsp3) is 0.429. The summed E-state index contributed by atoms with van der Waals surface area (Å²) in [6, 6.07) is 2.00. The summed E-state index contributed by atoms with van der Waals surface area (Å²) < 4.78 is 11.6. The molecule has 21 heavy (non-hydrogen) atoms. The molecular formula is C14H17BrN3NaO2. The van der Waals surface area contributed by atoms with Crippen LogP contribution in [0.25, 0.3) is 11.0 Å². The van der Waals surface area contributed by atoms with Gasteiger partial charge in [0.05, 0.1) is 25.3 Å². The van der Waals surface area contributed by atoms with E-state index in [1.807, 2.05) is 6.07 Å². The summed E-state index contributed by atoms with van der Waals surface area (Å²) >= 11 is 3.65. The number of likely N-dealkylation sites (N-methyl/N-ethyl adjacent to an activating group) is 1. The van der Waals surface area contributed by atoms with Gasteiger partial charge in [0, 0.05) is 17.6 Å². The van der Waals surface area contributed by atoms with Crippen molar-refractivity contribution in [1.82, 2.24) is 14.9 Å². The second kappa shape index (κ2) is 6.79. The van der Waals surface area contributed by atoms with Crippen molar-refractivity contribution >= 4 is 56.5 Å². The van der Waals surface area contributed by atoms with Crippen molar-refractivity contribution in [2.75, 3.05) is 27.8 Å². The Labute approximate surface area is 154 Å². The Morgan fingerprint density at radius 2 is 1.81 bits per heavy atom. The zero-order chi connectivity index (χ0) is 14.3. The maximum atomic E-state index is 5.27. The van der Waals surface area contributed by atoms with Gasteiger partial charge in [0.25, 0.3) is 11.8 Å². The molecule has 1 aromatic carbocycles. The van der Waals surface area contributed by atoms with Crippen molar-refractivity contribution in [2.45, 2.75) is 13.0 Å². The topological polar surface area (TPSA) is 47.5 Å². The molecule has 1 aliphatic rings. The van der Waals surface area contributed by atoms with Crippen molar-refractivity contribution in [3.05, 3.63) is 21.7 Å². The van der Waals surface area contributed by atoms with Crippen LogP contribution in [0.2, 0.25) is 0 Å². The molecule has 2 aromatic rings. The molecule has 0 aliphatic carbocycles. The van der Waals surface area contributed by atoms with Crippen LogP contribution >= 0.6 is 15.9 Å². The molecule has 0 bridgehead atoms. The summed E-state index contributed by atoms with van der Waals surface area (Å²) in [7, 11) is 5.28. The number of fused-ring (bicyclic) bond motifs is 3. The molecule has 1 aliphatic heterocycles. The Morgan fingerprint density at radius 3 is 2.48 bits per heavy atom. The third-order valence-corrected chi connectivity index (χ3v) is 4.33. The maximum absolute atomic E-state index is 5.27. The molecule has 0 spiro atoms. The van der Waals surface area contributed by atoms with Crippen molar-refractivity contribution in [1.29, 1.82) is 0 Å². The van der Waals surface area contributed by atoms with Gasteiger partial charge in [-0.25, -0.2) is 9.97 Å². The van der Waals surface area contributed by atoms with Gasteiger partial charge >= 0.3 is 29.6 Å². The van der Waals surface area contributed by atoms with Crippen LogP contribution in [0, 0.1) is 0 Å². The van der Waals surface area contributed by atoms with E-state index in [0.717, 1.165) is 35.0 Å². The minimum absolute atomic E-state index is 0. The predicted molar refractivity (Wildman–Crippen MR) is 87.5 cm³/mol. The number of methoxy groups -OCH3 is 2. The first kappa shape index (κ1) is 17.0. The first-order chi connectivity index (χ1) is 9.63. The monoisotopic (exact) mass is 361 g/mol. The number of aromatic nitrogens is 2. The van der Waals surface area contributed by atoms with Gasteiger partial charge in [0.15, 0.2) is 0 Å². The van der Waals surface area contributed by atoms with E-state index in [9.17, 15) is 0 Å². The van der Waals surface area contributed by atoms with Gasteiger partial charge in [0.1, 0.15) is 0 Å². The summed E-state index contributed by atoms with van der Waals surface area (Å²) in [6.45, 7) is 1.94. The molecule has 0 saturated heterocycles. The zero-order valence-electron chi connectivity index (χ0n) is 11.7. The molecular weight excluding hydrogens is 345 g/mol. The van der Waals surface area contributed by atoms with Gasteiger partial charge in [0.2, 0.25) is 0 Å². The normalized spacial score (nSPS) is 14.5. The molecule has 0 fully saturated rings. The predicted octanol–water partition coefficient (Wildman–Crippen LogP) is 1.75. The van der Waals surface area contributed by atoms with E-state index in [1.54, 1.807) is 14.2 Å². The summed E-state index contributed by atoms with van der Waals surface area (Å²) in [4.78, 5) is 11.4. The number of halogens is 1. The van der Waals surface area contributed by atoms with E-state index in [4.69, 9.17) is 9.47 Å². The van der Waals surface area contributed by atoms with Crippen LogP contribution in [0.5, 0.6) is 11.8 Å². The standard InChI is InChI=1S/C14H16BrN3O2.Na.H/c1-18-5-4-8-9(7-18)10(15)6-11-12(8)17-14(20-3)13(16-11)19-2;;/h6H,4-5,7H2,1-3H3;;. The van der Waals surface area contributed by atoms with Crippen molar-refractivity contribution in [3.63, 3.8) is 0 Å². The van der Waals surface area contributed by atoms with E-state index >= 15 is 0 Å². The van der Waals surface area contributed by atoms with E-state index < -0.39 is 0 Å². The second-order valence-corrected chi connectivity index (χ2v) is 5.77. The van der Waals surface area contributed by atoms with Gasteiger partial charge < -0.3 is 14.4 Å². The van der Waals surface area contributed by atoms with Gasteiger partial charge in [-0.3, -0.25) is 0 Å². The van der Waals surface area contributed by atoms with Crippen molar-refractivity contribution < 1.29 is 9.47 Å². The van der Waals surface area contributed by atoms with Crippen LogP contribution in [-0.4, -0.2) is 72.2 Å². The molecule has 5 nitrogen and oxygen atoms in total. The fourth-order valence-electron chi connectivity index (χ4n) is 2.59. The minimum atomic E-state index is 0. The second-order valence-electron chi connectivity index (χ2n) is 4.91. The number of hydrogen-bond acceptors (Lipinski definition) is 5. The summed E-state index contributed by atoms with van der Waals surface area (Å²) in [5, 5.41) is 0. The molecule has 1 aromatic heterocycles. The SMILES string of the molecule is COc1nc2cc(Br)c3c(c2nc1OC)CCN(C)C3.[NaH]. The third kappa shape index (κ3) is 3.05. The molecule has 108 valence electrons. The number of nitrogens with zero attached hydrogens (tertiary/aromatic N) is 3. The van der Waals surface area contributed by atoms with Gasteiger partial charge in [-0.1, -0.05) is 15.9 Å². The van der Waals surface area contributed by atoms with Crippen LogP contribution < -0.4 is 9.47 Å². The average molecular weight is 362 g/mol. The number of benzene rings is 1. The van der Waals surface area contributed by atoms with Crippen LogP contribution in [0.15, 0.2) is 10.5 Å². The molecule has 7 heteroatoms. The van der Waals surface area contributed by atoms with E-state index in [1.165, 1.54) is 11.1 Å². The molecule has 0 radical (unpaired) electrons. The number of rotatable bonds is 2. The Hall–Kier alpha value is -0.400. The summed E-state index contributed by atoms with van der Waals surface area (Å²) in [6.07, 6.45) is 0.964. The van der Waals surface area contributed by atoms with Crippen LogP contribution in [0.1, 0.15) is 11.1 Å². The molecule has 0 saturated carbocycles. The van der Waals surface area contributed by atoms with Gasteiger partial charge in [-0.15, -0.1) is 0 Å². The Kier molecular flexibility index (Phi) is 5.48. The fourth-order valence-corrected chi connectivity index (χ4v) is 3.17. The first-order valence-corrected chi connectivity index (χ1v) is 7.22. The molecule has 0 N–H and O–H groups in total. The quantitative estimate of drug-likeness (QED) is 0.762. The zero-order valence-corrected chi connectivity index (χ0v) is 13.3. The third-order valence-electron chi connectivity index (χ3n) is 3.62. The molecule has 3 rings (SSSR count). The molecule has 0 atom stereocenters. The Bertz CT molecular complexity index is 681. The number of hydrogen-bond donors (Lipinski definition) is 0. The van der Waals surface area contributed by atoms with E-state index in [-0.39, 0.29) is 29.6 Å². The van der Waals surface area contributed by atoms with Crippen LogP contribution in [0.3, 0.4) is 0 Å². The van der Waals surface area contributed by atoms with Gasteiger partial charge in [-0.05, 0) is 30.7 Å². The van der Waals surface area contributed by atoms with E-state index in [2.05, 4.69) is 37.8 Å². The van der Waals surface area contributed by atoms with E-state index in [0.29, 0.717) is 11.8 Å². The molecule has 0 unspecified atom stereocenters. The van der Waals surface area contributed by atoms with Crippen molar-refractivity contribution in [3.8, 4) is 11.8 Å². The van der Waals surface area contributed by atoms with Crippen LogP contribution in [-0.2, 0) is 13.0 Å². The summed E-state index contributed by atoms with van der Waals surface area (Å²) in [5.74, 6) is 0.850. The Morgan fingerprint density at radius 1 is 1.14 bits per heavy atom. The van der Waals surface area contributed by atoms with Crippen molar-refractivity contribution in [2.24, 2.45) is 0 Å². The molecule has 0 amide bonds. The Balaban J connectivity index is 0.00000161. The van der Waals surface area contributed by atoms with Crippen LogP contribution in [0.4, 0.5) is 0 Å². The number of ether oxygens (including phenoxy) is 2. The molecule has 2 heterocycles. The van der Waals surface area contributed by atoms with Gasteiger partial charge in [-0.2, -0.15) is 0 Å². The summed E-state index contributed by atoms with van der Waals surface area (Å²) in [5.41, 5.74) is 4.28.